The fraction of sp³-hybridized carbons (Fsp3) is 1.00. The van der Waals surface area contributed by atoms with Crippen LogP contribution in [0.4, 0.5) is 0 Å². The molecule has 0 aliphatic carbocycles. The molecule has 25 heteroatoms. The van der Waals surface area contributed by atoms with E-state index in [0.717, 1.165) is 0 Å². The Labute approximate surface area is 330 Å². The van der Waals surface area contributed by atoms with Gasteiger partial charge in [0.1, 0.15) is 110 Å². The molecule has 26 atom stereocenters. The molecule has 6 aliphatic rings. The van der Waals surface area contributed by atoms with Crippen LogP contribution in [0.15, 0.2) is 0 Å². The molecule has 0 radical (unpaired) electrons. The largest absolute Gasteiger partial charge is 0.388 e. The van der Waals surface area contributed by atoms with Gasteiger partial charge in [-0.1, -0.05) is 0 Å². The van der Waals surface area contributed by atoms with E-state index >= 15 is 0 Å². The average molecular weight is 853 g/mol. The highest BCUT2D eigenvalue weighted by Gasteiger charge is 2.56. The van der Waals surface area contributed by atoms with Crippen LogP contribution in [0.3, 0.4) is 0 Å². The lowest BCUT2D eigenvalue weighted by Crippen LogP contribution is -2.67. The van der Waals surface area contributed by atoms with E-state index in [9.17, 15) is 66.4 Å². The zero-order chi connectivity index (χ0) is 42.3. The summed E-state index contributed by atoms with van der Waals surface area (Å²) < 4.78 is 68.5. The van der Waals surface area contributed by atoms with Crippen molar-refractivity contribution in [3.8, 4) is 0 Å². The van der Waals surface area contributed by atoms with Gasteiger partial charge in [0.2, 0.25) is 0 Å². The van der Waals surface area contributed by atoms with Gasteiger partial charge in [-0.05, 0) is 13.8 Å². The van der Waals surface area contributed by atoms with Gasteiger partial charge in [-0.15, -0.1) is 0 Å². The molecule has 0 unspecified atom stereocenters. The molecule has 0 saturated carbocycles. The Hall–Kier alpha value is -1.00. The van der Waals surface area contributed by atoms with E-state index in [1.165, 1.54) is 21.0 Å². The van der Waals surface area contributed by atoms with Crippen molar-refractivity contribution in [2.75, 3.05) is 33.5 Å². The number of methoxy groups -OCH3 is 1. The summed E-state index contributed by atoms with van der Waals surface area (Å²) >= 11 is 0. The molecular formula is C33H56O25. The molecule has 0 aromatic rings. The SMILES string of the molecule is CO[C@@H]1OC[C@@H](O)[C@H](O[C@@H]2O[C@@H](C)[C@H](O)[C@@H](O)[C@H]2O)[C@H]1O[C@@H]1O[C@@H](C)[C@H](O[C@@H]2OC[C@@H](O)[C@H](O)[C@H]2O)[C@@H](O[C@@H]2OC[C@@H](O)[C@H](O[C@@H]3OC[C@@H](O)[C@H](O)[C@H]3O)[C@H]2O)[C@H]1O. The van der Waals surface area contributed by atoms with Gasteiger partial charge in [0, 0.05) is 7.11 Å². The summed E-state index contributed by atoms with van der Waals surface area (Å²) in [6.07, 6.45) is -41.6. The summed E-state index contributed by atoms with van der Waals surface area (Å²) in [5.41, 5.74) is 0. The van der Waals surface area contributed by atoms with Gasteiger partial charge < -0.3 is 123 Å². The molecule has 13 N–H and O–H groups in total. The van der Waals surface area contributed by atoms with Crippen LogP contribution in [0.5, 0.6) is 0 Å². The van der Waals surface area contributed by atoms with Crippen molar-refractivity contribution in [1.82, 2.24) is 0 Å². The highest BCUT2D eigenvalue weighted by atomic mass is 16.8. The van der Waals surface area contributed by atoms with E-state index in [4.69, 9.17) is 56.8 Å². The van der Waals surface area contributed by atoms with Gasteiger partial charge in [-0.3, -0.25) is 0 Å². The lowest BCUT2D eigenvalue weighted by Gasteiger charge is -2.49. The Bertz CT molecular complexity index is 1290. The monoisotopic (exact) mass is 852 g/mol. The molecule has 6 rings (SSSR count). The van der Waals surface area contributed by atoms with Crippen LogP contribution in [0.2, 0.25) is 0 Å². The lowest BCUT2D eigenvalue weighted by atomic mass is 9.97. The highest BCUT2D eigenvalue weighted by Crippen LogP contribution is 2.36. The van der Waals surface area contributed by atoms with Crippen molar-refractivity contribution < 1.29 is 123 Å². The van der Waals surface area contributed by atoms with Crippen LogP contribution in [0, 0.1) is 0 Å². The first-order chi connectivity index (χ1) is 27.4. The van der Waals surface area contributed by atoms with Gasteiger partial charge in [-0.2, -0.15) is 0 Å². The quantitative estimate of drug-likeness (QED) is 0.0918. The van der Waals surface area contributed by atoms with Gasteiger partial charge in [0.15, 0.2) is 37.7 Å². The number of rotatable bonds is 11. The molecule has 6 aliphatic heterocycles. The summed E-state index contributed by atoms with van der Waals surface area (Å²) in [6, 6.07) is 0. The van der Waals surface area contributed by atoms with Crippen molar-refractivity contribution in [3.05, 3.63) is 0 Å². The predicted octanol–water partition coefficient (Wildman–Crippen LogP) is -8.83. The first-order valence-electron chi connectivity index (χ1n) is 18.9. The molecule has 25 nitrogen and oxygen atoms in total. The first-order valence-corrected chi connectivity index (χ1v) is 18.9. The standard InChI is InChI=1S/C33H56O25/c1-8-14(38)17(41)20(44)31(52-8)56-25-13(37)7-51-33(47-3)27(25)58-32-22(46)26(23(9(2)53-32)54-28-18(42)15(39)10(34)4-48-28)57-30-21(45)24(12(36)6-50-30)55-29-19(43)16(40)11(35)5-49-29/h8-46H,4-7H2,1-3H3/t8-,9-,10+,11+,12+,13+,14-,15-,16-,17+,18+,19+,20+,21+,22+,23-,24-,25-,26-,27+,28-,29-,30-,31-,32-,33+/m0/s1. The zero-order valence-corrected chi connectivity index (χ0v) is 31.6. The molecule has 338 valence electrons. The number of hydrogen-bond acceptors (Lipinski definition) is 25. The van der Waals surface area contributed by atoms with Crippen LogP contribution in [0.25, 0.3) is 0 Å². The van der Waals surface area contributed by atoms with E-state index in [0.29, 0.717) is 0 Å². The third-order valence-electron chi connectivity index (χ3n) is 11.0. The van der Waals surface area contributed by atoms with Crippen molar-refractivity contribution in [2.24, 2.45) is 0 Å². The second-order valence-corrected chi connectivity index (χ2v) is 15.1. The Balaban J connectivity index is 1.24. The van der Waals surface area contributed by atoms with Gasteiger partial charge in [0.25, 0.3) is 0 Å². The van der Waals surface area contributed by atoms with Crippen molar-refractivity contribution in [2.45, 2.75) is 174 Å². The summed E-state index contributed by atoms with van der Waals surface area (Å²) in [5, 5.41) is 137. The van der Waals surface area contributed by atoms with Crippen LogP contribution < -0.4 is 0 Å². The minimum atomic E-state index is -1.97. The van der Waals surface area contributed by atoms with Crippen molar-refractivity contribution in [3.63, 3.8) is 0 Å². The molecular weight excluding hydrogens is 796 g/mol. The topological polar surface area (TPSA) is 374 Å². The summed E-state index contributed by atoms with van der Waals surface area (Å²) in [5.74, 6) is 0. The zero-order valence-electron chi connectivity index (χ0n) is 31.6. The van der Waals surface area contributed by atoms with E-state index in [-0.39, 0.29) is 6.61 Å². The number of aliphatic hydroxyl groups is 13. The summed E-state index contributed by atoms with van der Waals surface area (Å²) in [6.45, 7) is 0.985. The minimum Gasteiger partial charge on any atom is -0.388 e. The third-order valence-corrected chi connectivity index (χ3v) is 11.0. The van der Waals surface area contributed by atoms with Crippen molar-refractivity contribution >= 4 is 0 Å². The number of ether oxygens (including phenoxy) is 12. The Morgan fingerprint density at radius 3 is 1.28 bits per heavy atom. The molecule has 6 heterocycles. The lowest BCUT2D eigenvalue weighted by molar-refractivity contribution is -0.400. The summed E-state index contributed by atoms with van der Waals surface area (Å²) in [7, 11) is 1.23. The molecule has 0 aromatic heterocycles. The average Bonchev–Trinajstić information content (AvgIpc) is 3.19. The van der Waals surface area contributed by atoms with Gasteiger partial charge in [0.05, 0.1) is 38.6 Å². The van der Waals surface area contributed by atoms with Crippen LogP contribution in [0.1, 0.15) is 13.8 Å². The predicted molar refractivity (Wildman–Crippen MR) is 177 cm³/mol. The molecule has 6 fully saturated rings. The Morgan fingerprint density at radius 2 is 0.707 bits per heavy atom. The van der Waals surface area contributed by atoms with Crippen molar-refractivity contribution in [1.29, 1.82) is 0 Å². The maximum Gasteiger partial charge on any atom is 0.187 e. The molecule has 58 heavy (non-hydrogen) atoms. The molecule has 0 amide bonds. The first kappa shape index (κ1) is 46.5. The Morgan fingerprint density at radius 1 is 0.328 bits per heavy atom. The fourth-order valence-electron chi connectivity index (χ4n) is 7.47. The molecule has 6 saturated heterocycles. The maximum atomic E-state index is 11.9. The second-order valence-electron chi connectivity index (χ2n) is 15.1. The summed E-state index contributed by atoms with van der Waals surface area (Å²) in [4.78, 5) is 0. The normalized spacial score (nSPS) is 54.6. The highest BCUT2D eigenvalue weighted by molar-refractivity contribution is 4.97. The molecule has 0 bridgehead atoms. The third kappa shape index (κ3) is 9.64. The van der Waals surface area contributed by atoms with Crippen LogP contribution >= 0.6 is 0 Å². The Kier molecular flexibility index (Phi) is 15.7. The van der Waals surface area contributed by atoms with Crippen LogP contribution in [-0.2, 0) is 56.8 Å². The fourth-order valence-corrected chi connectivity index (χ4v) is 7.47. The number of hydrogen-bond donors (Lipinski definition) is 13. The number of aliphatic hydroxyl groups excluding tert-OH is 13. The van der Waals surface area contributed by atoms with E-state index in [1.807, 2.05) is 0 Å². The molecule has 0 spiro atoms. The van der Waals surface area contributed by atoms with E-state index < -0.39 is 180 Å². The van der Waals surface area contributed by atoms with E-state index in [1.54, 1.807) is 0 Å². The van der Waals surface area contributed by atoms with Gasteiger partial charge in [-0.25, -0.2) is 0 Å². The van der Waals surface area contributed by atoms with Gasteiger partial charge >= 0.3 is 0 Å². The maximum absolute atomic E-state index is 11.9. The minimum absolute atomic E-state index is 0.378. The van der Waals surface area contributed by atoms with Crippen LogP contribution in [-0.4, -0.2) is 260 Å². The van der Waals surface area contributed by atoms with E-state index in [2.05, 4.69) is 0 Å². The second kappa shape index (κ2) is 19.6. The smallest absolute Gasteiger partial charge is 0.187 e. The molecule has 0 aromatic carbocycles.